The summed E-state index contributed by atoms with van der Waals surface area (Å²) in [5, 5.41) is 3.02. The number of nitrogens with zero attached hydrogens (tertiary/aromatic N) is 1. The van der Waals surface area contributed by atoms with Gasteiger partial charge in [0.1, 0.15) is 5.75 Å². The van der Waals surface area contributed by atoms with Gasteiger partial charge in [-0.05, 0) is 49.9 Å². The van der Waals surface area contributed by atoms with Crippen LogP contribution in [0.3, 0.4) is 0 Å². The zero-order valence-corrected chi connectivity index (χ0v) is 16.6. The minimum Gasteiger partial charge on any atom is -0.484 e. The number of likely N-dealkylation sites (tertiary alicyclic amines) is 1. The van der Waals surface area contributed by atoms with Crippen molar-refractivity contribution < 1.29 is 14.3 Å². The number of rotatable bonds is 6. The number of amides is 2. The molecule has 1 aliphatic heterocycles. The molecule has 2 aromatic rings. The van der Waals surface area contributed by atoms with Gasteiger partial charge in [-0.2, -0.15) is 0 Å². The Balaban J connectivity index is 1.54. The molecule has 0 aromatic heterocycles. The fourth-order valence-electron chi connectivity index (χ4n) is 3.57. The van der Waals surface area contributed by atoms with Gasteiger partial charge in [0, 0.05) is 19.6 Å². The molecular weight excluding hydrogens is 352 g/mol. The summed E-state index contributed by atoms with van der Waals surface area (Å²) >= 11 is 0. The monoisotopic (exact) mass is 380 g/mol. The van der Waals surface area contributed by atoms with Crippen molar-refractivity contribution in [2.24, 2.45) is 5.41 Å². The predicted molar refractivity (Wildman–Crippen MR) is 109 cm³/mol. The van der Waals surface area contributed by atoms with E-state index in [4.69, 9.17) is 4.74 Å². The minimum absolute atomic E-state index is 0.00606. The number of carbonyl (C=O) groups excluding carboxylic acids is 2. The van der Waals surface area contributed by atoms with E-state index in [1.165, 1.54) is 0 Å². The maximum absolute atomic E-state index is 12.8. The number of ether oxygens (including phenoxy) is 1. The Bertz CT molecular complexity index is 822. The summed E-state index contributed by atoms with van der Waals surface area (Å²) in [5.41, 5.74) is 1.58. The number of carbonyl (C=O) groups is 2. The van der Waals surface area contributed by atoms with Gasteiger partial charge < -0.3 is 15.0 Å². The second-order valence-electron chi connectivity index (χ2n) is 7.75. The maximum Gasteiger partial charge on any atom is 0.260 e. The third-order valence-electron chi connectivity index (χ3n) is 5.25. The van der Waals surface area contributed by atoms with Crippen molar-refractivity contribution in [3.8, 4) is 5.75 Å². The molecule has 0 unspecified atom stereocenters. The first-order valence-electron chi connectivity index (χ1n) is 9.76. The fourth-order valence-corrected chi connectivity index (χ4v) is 3.57. The van der Waals surface area contributed by atoms with E-state index in [1.807, 2.05) is 68.4 Å². The third kappa shape index (κ3) is 5.12. The number of benzene rings is 2. The highest BCUT2D eigenvalue weighted by molar-refractivity contribution is 5.84. The number of nitrogens with one attached hydrogen (secondary N) is 1. The lowest BCUT2D eigenvalue weighted by molar-refractivity contribution is -0.142. The number of piperidine rings is 1. The lowest BCUT2D eigenvalue weighted by atomic mass is 9.81. The normalized spacial score (nSPS) is 19.1. The molecule has 5 heteroatoms. The SMILES string of the molecule is Cc1cccc(OCC(=O)N2CCC[C@](C)(C(=O)NCc3ccccc3)C2)c1. The molecule has 148 valence electrons. The summed E-state index contributed by atoms with van der Waals surface area (Å²) < 4.78 is 5.64. The second-order valence-corrected chi connectivity index (χ2v) is 7.75. The van der Waals surface area contributed by atoms with Gasteiger partial charge in [-0.15, -0.1) is 0 Å². The van der Waals surface area contributed by atoms with Crippen LogP contribution in [0.15, 0.2) is 54.6 Å². The van der Waals surface area contributed by atoms with Crippen LogP contribution in [0.2, 0.25) is 0 Å². The molecule has 5 nitrogen and oxygen atoms in total. The van der Waals surface area contributed by atoms with Crippen LogP contribution < -0.4 is 10.1 Å². The molecule has 0 bridgehead atoms. The molecule has 3 rings (SSSR count). The van der Waals surface area contributed by atoms with Gasteiger partial charge >= 0.3 is 0 Å². The highest BCUT2D eigenvalue weighted by Gasteiger charge is 2.39. The Labute approximate surface area is 166 Å². The maximum atomic E-state index is 12.8. The van der Waals surface area contributed by atoms with Crippen LogP contribution in [-0.2, 0) is 16.1 Å². The van der Waals surface area contributed by atoms with Crippen LogP contribution in [0, 0.1) is 12.3 Å². The van der Waals surface area contributed by atoms with E-state index in [0.717, 1.165) is 24.0 Å². The number of hydrogen-bond acceptors (Lipinski definition) is 3. The van der Waals surface area contributed by atoms with Crippen LogP contribution in [-0.4, -0.2) is 36.4 Å². The summed E-state index contributed by atoms with van der Waals surface area (Å²) in [6.07, 6.45) is 1.58. The number of aryl methyl sites for hydroxylation is 1. The summed E-state index contributed by atoms with van der Waals surface area (Å²) in [4.78, 5) is 27.2. The molecule has 1 fully saturated rings. The zero-order chi connectivity index (χ0) is 20.0. The quantitative estimate of drug-likeness (QED) is 0.836. The molecule has 2 amide bonds. The lowest BCUT2D eigenvalue weighted by Crippen LogP contribution is -2.52. The van der Waals surface area contributed by atoms with Crippen molar-refractivity contribution in [3.05, 3.63) is 65.7 Å². The van der Waals surface area contributed by atoms with Crippen LogP contribution in [0.25, 0.3) is 0 Å². The summed E-state index contributed by atoms with van der Waals surface area (Å²) in [5.74, 6) is 0.602. The summed E-state index contributed by atoms with van der Waals surface area (Å²) in [6, 6.07) is 17.5. The summed E-state index contributed by atoms with van der Waals surface area (Å²) in [6.45, 7) is 5.50. The van der Waals surface area contributed by atoms with E-state index in [9.17, 15) is 9.59 Å². The molecule has 0 aliphatic carbocycles. The average molecular weight is 380 g/mol. The standard InChI is InChI=1S/C23H28N2O3/c1-18-8-6-11-20(14-18)28-16-21(26)25-13-7-12-23(2,17-25)22(27)24-15-19-9-4-3-5-10-19/h3-6,8-11,14H,7,12-13,15-17H2,1-2H3,(H,24,27)/t23-/m0/s1. The molecule has 0 saturated carbocycles. The zero-order valence-electron chi connectivity index (χ0n) is 16.6. The van der Waals surface area contributed by atoms with Crippen LogP contribution in [0.4, 0.5) is 0 Å². The smallest absolute Gasteiger partial charge is 0.260 e. The first-order valence-corrected chi connectivity index (χ1v) is 9.76. The largest absolute Gasteiger partial charge is 0.484 e. The molecular formula is C23H28N2O3. The Morgan fingerprint density at radius 2 is 1.93 bits per heavy atom. The molecule has 1 N–H and O–H groups in total. The number of hydrogen-bond donors (Lipinski definition) is 1. The highest BCUT2D eigenvalue weighted by Crippen LogP contribution is 2.30. The van der Waals surface area contributed by atoms with E-state index < -0.39 is 5.41 Å². The van der Waals surface area contributed by atoms with Gasteiger partial charge in [-0.3, -0.25) is 9.59 Å². The molecule has 1 atom stereocenters. The second kappa shape index (κ2) is 8.91. The van der Waals surface area contributed by atoms with Gasteiger partial charge in [-0.25, -0.2) is 0 Å². The highest BCUT2D eigenvalue weighted by atomic mass is 16.5. The molecule has 1 heterocycles. The van der Waals surface area contributed by atoms with E-state index in [0.29, 0.717) is 25.4 Å². The van der Waals surface area contributed by atoms with Gasteiger partial charge in [-0.1, -0.05) is 42.5 Å². The first-order chi connectivity index (χ1) is 13.5. The van der Waals surface area contributed by atoms with Crippen molar-refractivity contribution in [1.29, 1.82) is 0 Å². The summed E-state index contributed by atoms with van der Waals surface area (Å²) in [7, 11) is 0. The Kier molecular flexibility index (Phi) is 6.34. The van der Waals surface area contributed by atoms with Crippen molar-refractivity contribution in [3.63, 3.8) is 0 Å². The molecule has 28 heavy (non-hydrogen) atoms. The van der Waals surface area contributed by atoms with Crippen molar-refractivity contribution in [1.82, 2.24) is 10.2 Å². The van der Waals surface area contributed by atoms with Gasteiger partial charge in [0.05, 0.1) is 5.41 Å². The van der Waals surface area contributed by atoms with E-state index >= 15 is 0 Å². The van der Waals surface area contributed by atoms with Crippen LogP contribution in [0.1, 0.15) is 30.9 Å². The fraction of sp³-hybridized carbons (Fsp3) is 0.391. The molecule has 1 saturated heterocycles. The third-order valence-corrected chi connectivity index (χ3v) is 5.25. The lowest BCUT2D eigenvalue weighted by Gasteiger charge is -2.39. The molecule has 0 spiro atoms. The van der Waals surface area contributed by atoms with E-state index in [2.05, 4.69) is 5.32 Å². The van der Waals surface area contributed by atoms with Crippen LogP contribution in [0.5, 0.6) is 5.75 Å². The first kappa shape index (κ1) is 19.9. The van der Waals surface area contributed by atoms with Crippen LogP contribution >= 0.6 is 0 Å². The van der Waals surface area contributed by atoms with Crippen molar-refractivity contribution >= 4 is 11.8 Å². The molecule has 1 aliphatic rings. The minimum atomic E-state index is -0.577. The Hall–Kier alpha value is -2.82. The van der Waals surface area contributed by atoms with Gasteiger partial charge in [0.15, 0.2) is 6.61 Å². The van der Waals surface area contributed by atoms with Crippen molar-refractivity contribution in [2.75, 3.05) is 19.7 Å². The van der Waals surface area contributed by atoms with E-state index in [-0.39, 0.29) is 18.4 Å². The Morgan fingerprint density at radius 3 is 2.68 bits per heavy atom. The van der Waals surface area contributed by atoms with Gasteiger partial charge in [0.25, 0.3) is 5.91 Å². The Morgan fingerprint density at radius 1 is 1.14 bits per heavy atom. The predicted octanol–water partition coefficient (Wildman–Crippen LogP) is 3.32. The topological polar surface area (TPSA) is 58.6 Å². The molecule has 2 aromatic carbocycles. The van der Waals surface area contributed by atoms with Crippen molar-refractivity contribution in [2.45, 2.75) is 33.2 Å². The molecule has 0 radical (unpaired) electrons. The average Bonchev–Trinajstić information content (AvgIpc) is 2.71. The van der Waals surface area contributed by atoms with E-state index in [1.54, 1.807) is 4.90 Å². The van der Waals surface area contributed by atoms with Gasteiger partial charge in [0.2, 0.25) is 5.91 Å².